The molecular formula is C56H54N2O. The summed E-state index contributed by atoms with van der Waals surface area (Å²) in [5.41, 5.74) is 13.9. The van der Waals surface area contributed by atoms with Crippen molar-refractivity contribution in [3.05, 3.63) is 180 Å². The van der Waals surface area contributed by atoms with Crippen LogP contribution in [0.15, 0.2) is 162 Å². The number of benzene rings is 8. The number of fused-ring (bicyclic) bond motifs is 5. The predicted octanol–water partition coefficient (Wildman–Crippen LogP) is 17.3. The first-order valence-corrected chi connectivity index (χ1v) is 21.3. The van der Waals surface area contributed by atoms with Crippen LogP contribution in [-0.2, 0) is 0 Å². The first kappa shape index (κ1) is 38.2. The van der Waals surface area contributed by atoms with Crippen molar-refractivity contribution in [1.82, 2.24) is 0 Å². The molecule has 9 rings (SSSR count). The van der Waals surface area contributed by atoms with Crippen LogP contribution in [0, 0.1) is 0 Å². The molecule has 59 heavy (non-hydrogen) atoms. The van der Waals surface area contributed by atoms with Crippen LogP contribution in [0.2, 0.25) is 0 Å². The fourth-order valence-electron chi connectivity index (χ4n) is 8.44. The fourth-order valence-corrected chi connectivity index (χ4v) is 8.44. The van der Waals surface area contributed by atoms with Gasteiger partial charge in [-0.1, -0.05) is 116 Å². The van der Waals surface area contributed by atoms with Crippen molar-refractivity contribution in [1.29, 1.82) is 0 Å². The van der Waals surface area contributed by atoms with E-state index >= 15 is 0 Å². The van der Waals surface area contributed by atoms with Gasteiger partial charge in [0.15, 0.2) is 0 Å². The number of furan rings is 1. The molecule has 1 heterocycles. The monoisotopic (exact) mass is 770 g/mol. The summed E-state index contributed by atoms with van der Waals surface area (Å²) < 4.78 is 6.72. The molecule has 0 N–H and O–H groups in total. The molecule has 0 saturated carbocycles. The predicted molar refractivity (Wildman–Crippen MR) is 254 cm³/mol. The van der Waals surface area contributed by atoms with Crippen molar-refractivity contribution in [2.45, 2.75) is 79.1 Å². The third-order valence-electron chi connectivity index (χ3n) is 12.1. The second kappa shape index (κ2) is 15.5. The van der Waals surface area contributed by atoms with Crippen molar-refractivity contribution in [3.63, 3.8) is 0 Å². The second-order valence-corrected chi connectivity index (χ2v) is 17.5. The fraction of sp³-hybridized carbons (Fsp3) is 0.214. The van der Waals surface area contributed by atoms with E-state index < -0.39 is 0 Å². The summed E-state index contributed by atoms with van der Waals surface area (Å²) in [4.78, 5) is 4.73. The highest BCUT2D eigenvalue weighted by Gasteiger charge is 2.18. The first-order chi connectivity index (χ1) is 28.5. The summed E-state index contributed by atoms with van der Waals surface area (Å²) in [5, 5.41) is 6.93. The third-order valence-corrected chi connectivity index (χ3v) is 12.1. The summed E-state index contributed by atoms with van der Waals surface area (Å²) in [6, 6.07) is 58.7. The minimum Gasteiger partial charge on any atom is -0.456 e. The van der Waals surface area contributed by atoms with Crippen molar-refractivity contribution < 1.29 is 4.42 Å². The van der Waals surface area contributed by atoms with E-state index in [-0.39, 0.29) is 0 Å². The minimum atomic E-state index is 0.476. The van der Waals surface area contributed by atoms with E-state index in [0.717, 1.165) is 66.8 Å². The van der Waals surface area contributed by atoms with E-state index in [9.17, 15) is 0 Å². The average molecular weight is 771 g/mol. The van der Waals surface area contributed by atoms with Gasteiger partial charge in [0.25, 0.3) is 0 Å². The van der Waals surface area contributed by atoms with Crippen LogP contribution in [0.25, 0.3) is 43.5 Å². The van der Waals surface area contributed by atoms with Gasteiger partial charge in [-0.05, 0) is 165 Å². The molecule has 0 fully saturated rings. The molecule has 3 nitrogen and oxygen atoms in total. The van der Waals surface area contributed by atoms with Crippen LogP contribution in [0.3, 0.4) is 0 Å². The molecule has 0 aliphatic carbocycles. The Morgan fingerprint density at radius 2 is 0.559 bits per heavy atom. The minimum absolute atomic E-state index is 0.476. The highest BCUT2D eigenvalue weighted by molar-refractivity contribution is 6.14. The smallest absolute Gasteiger partial charge is 0.136 e. The molecule has 0 radical (unpaired) electrons. The van der Waals surface area contributed by atoms with Gasteiger partial charge >= 0.3 is 0 Å². The van der Waals surface area contributed by atoms with Crippen LogP contribution in [0.1, 0.15) is 101 Å². The Hall–Kier alpha value is -6.32. The molecule has 0 aliphatic rings. The van der Waals surface area contributed by atoms with Gasteiger partial charge in [0.05, 0.1) is 0 Å². The zero-order valence-corrected chi connectivity index (χ0v) is 35.6. The lowest BCUT2D eigenvalue weighted by Gasteiger charge is -2.26. The van der Waals surface area contributed by atoms with Gasteiger partial charge in [-0.2, -0.15) is 0 Å². The second-order valence-electron chi connectivity index (χ2n) is 17.5. The Bertz CT molecular complexity index is 2610. The Kier molecular flexibility index (Phi) is 10.0. The summed E-state index contributed by atoms with van der Waals surface area (Å²) in [7, 11) is 0. The quantitative estimate of drug-likeness (QED) is 0.138. The molecule has 1 aromatic heterocycles. The Morgan fingerprint density at radius 3 is 0.831 bits per heavy atom. The molecule has 0 spiro atoms. The number of nitrogens with zero attached hydrogens (tertiary/aromatic N) is 2. The van der Waals surface area contributed by atoms with Crippen LogP contribution in [0.4, 0.5) is 34.1 Å². The lowest BCUT2D eigenvalue weighted by atomic mass is 10.0. The van der Waals surface area contributed by atoms with E-state index in [4.69, 9.17) is 4.42 Å². The van der Waals surface area contributed by atoms with Crippen LogP contribution >= 0.6 is 0 Å². The van der Waals surface area contributed by atoms with Crippen molar-refractivity contribution in [3.8, 4) is 0 Å². The topological polar surface area (TPSA) is 19.6 Å². The molecule has 0 saturated heterocycles. The third kappa shape index (κ3) is 7.36. The normalized spacial score (nSPS) is 12.0. The molecular weight excluding hydrogens is 717 g/mol. The summed E-state index contributed by atoms with van der Waals surface area (Å²) in [6.45, 7) is 18.0. The maximum absolute atomic E-state index is 6.72. The molecule has 0 amide bonds. The van der Waals surface area contributed by atoms with Gasteiger partial charge in [0, 0.05) is 44.9 Å². The lowest BCUT2D eigenvalue weighted by molar-refractivity contribution is 0.670. The van der Waals surface area contributed by atoms with E-state index in [1.807, 2.05) is 0 Å². The molecule has 294 valence electrons. The van der Waals surface area contributed by atoms with Gasteiger partial charge in [-0.25, -0.2) is 0 Å². The lowest BCUT2D eigenvalue weighted by Crippen LogP contribution is -2.10. The van der Waals surface area contributed by atoms with E-state index in [2.05, 4.69) is 223 Å². The van der Waals surface area contributed by atoms with Crippen LogP contribution < -0.4 is 9.80 Å². The van der Waals surface area contributed by atoms with Gasteiger partial charge in [0.2, 0.25) is 0 Å². The highest BCUT2D eigenvalue weighted by Crippen LogP contribution is 2.42. The van der Waals surface area contributed by atoms with Crippen LogP contribution in [-0.4, -0.2) is 0 Å². The number of hydrogen-bond donors (Lipinski definition) is 0. The standard InChI is InChI=1S/C56H54N2O/c1-35(2)39-9-19-47(20-10-39)57(48-21-11-40(12-22-48)36(3)4)51-27-17-43-31-53-54-32-44-18-28-52(30-46(44)34-56(54)59-55(53)33-45(43)29-51)58(49-23-13-41(14-24-49)37(5)6)50-25-15-42(16-26-50)38(7)8/h9-38H,1-8H3. The Labute approximate surface area is 349 Å². The largest absolute Gasteiger partial charge is 0.456 e. The summed E-state index contributed by atoms with van der Waals surface area (Å²) >= 11 is 0. The molecule has 0 unspecified atom stereocenters. The van der Waals surface area contributed by atoms with E-state index in [1.54, 1.807) is 0 Å². The van der Waals surface area contributed by atoms with Crippen molar-refractivity contribution >= 4 is 77.6 Å². The van der Waals surface area contributed by atoms with Gasteiger partial charge < -0.3 is 14.2 Å². The average Bonchev–Trinajstić information content (AvgIpc) is 3.58. The van der Waals surface area contributed by atoms with Gasteiger partial charge in [-0.3, -0.25) is 0 Å². The van der Waals surface area contributed by atoms with Crippen molar-refractivity contribution in [2.75, 3.05) is 9.80 Å². The number of hydrogen-bond acceptors (Lipinski definition) is 3. The first-order valence-electron chi connectivity index (χ1n) is 21.3. The molecule has 8 aromatic carbocycles. The van der Waals surface area contributed by atoms with E-state index in [1.165, 1.54) is 33.0 Å². The van der Waals surface area contributed by atoms with Gasteiger partial charge in [0.1, 0.15) is 11.2 Å². The number of anilines is 6. The number of rotatable bonds is 10. The zero-order valence-electron chi connectivity index (χ0n) is 35.6. The SMILES string of the molecule is CC(C)c1ccc(N(c2ccc(C(C)C)cc2)c2ccc3cc4c(cc3c2)oc2cc3cc(N(c5ccc(C(C)C)cc5)c5ccc(C(C)C)cc5)ccc3cc24)cc1. The molecule has 0 aliphatic heterocycles. The molecule has 3 heteroatoms. The maximum atomic E-state index is 6.72. The Balaban J connectivity index is 1.12. The summed E-state index contributed by atoms with van der Waals surface area (Å²) in [6.07, 6.45) is 0. The summed E-state index contributed by atoms with van der Waals surface area (Å²) in [5.74, 6) is 1.90. The molecule has 0 bridgehead atoms. The molecule has 9 aromatic rings. The van der Waals surface area contributed by atoms with Crippen LogP contribution in [0.5, 0.6) is 0 Å². The zero-order chi connectivity index (χ0) is 40.9. The highest BCUT2D eigenvalue weighted by atomic mass is 16.3. The Morgan fingerprint density at radius 1 is 0.288 bits per heavy atom. The van der Waals surface area contributed by atoms with E-state index in [0.29, 0.717) is 23.7 Å². The van der Waals surface area contributed by atoms with Crippen molar-refractivity contribution in [2.24, 2.45) is 0 Å². The molecule has 0 atom stereocenters. The maximum Gasteiger partial charge on any atom is 0.136 e. The van der Waals surface area contributed by atoms with Gasteiger partial charge in [-0.15, -0.1) is 0 Å².